The molecule has 6 nitrogen and oxygen atoms in total. The van der Waals surface area contributed by atoms with Crippen molar-refractivity contribution in [2.24, 2.45) is 22.9 Å². The van der Waals surface area contributed by atoms with Gasteiger partial charge in [0, 0.05) is 6.04 Å². The predicted molar refractivity (Wildman–Crippen MR) is 65.8 cm³/mol. The summed E-state index contributed by atoms with van der Waals surface area (Å²) in [6.07, 6.45) is 3.09. The number of nitrogens with two attached hydrogens (primary N) is 4. The summed E-state index contributed by atoms with van der Waals surface area (Å²) >= 11 is 0. The lowest BCUT2D eigenvalue weighted by Gasteiger charge is -2.03. The van der Waals surface area contributed by atoms with Crippen LogP contribution in [-0.2, 0) is 4.79 Å². The molecule has 0 rings (SSSR count). The predicted octanol–water partition coefficient (Wildman–Crippen LogP) is -0.790. The van der Waals surface area contributed by atoms with E-state index < -0.39 is 12.0 Å². The third-order valence-electron chi connectivity index (χ3n) is 1.91. The molecule has 2 atom stereocenters. The largest absolute Gasteiger partial charge is 0.480 e. The molecule has 0 aliphatic heterocycles. The molecule has 0 saturated heterocycles. The van der Waals surface area contributed by atoms with Crippen LogP contribution in [0.15, 0.2) is 0 Å². The highest BCUT2D eigenvalue weighted by molar-refractivity contribution is 5.72. The van der Waals surface area contributed by atoms with Crippen LogP contribution in [0.1, 0.15) is 32.6 Å². The topological polar surface area (TPSA) is 141 Å². The fourth-order valence-electron chi connectivity index (χ4n) is 0.895. The summed E-state index contributed by atoms with van der Waals surface area (Å²) < 4.78 is 0. The molecule has 0 heterocycles. The molecule has 16 heavy (non-hydrogen) atoms. The number of carboxylic acids is 1. The third kappa shape index (κ3) is 15.8. The van der Waals surface area contributed by atoms with Gasteiger partial charge in [0.2, 0.25) is 0 Å². The van der Waals surface area contributed by atoms with Gasteiger partial charge >= 0.3 is 5.97 Å². The minimum Gasteiger partial charge on any atom is -0.480 e. The fourth-order valence-corrected chi connectivity index (χ4v) is 0.895. The number of hydrogen-bond acceptors (Lipinski definition) is 5. The first kappa shape index (κ1) is 17.7. The van der Waals surface area contributed by atoms with Crippen LogP contribution in [0.25, 0.3) is 0 Å². The van der Waals surface area contributed by atoms with E-state index in [0.29, 0.717) is 19.5 Å². The van der Waals surface area contributed by atoms with Crippen LogP contribution >= 0.6 is 0 Å². The van der Waals surface area contributed by atoms with E-state index in [-0.39, 0.29) is 6.04 Å². The molecule has 98 valence electrons. The van der Waals surface area contributed by atoms with Gasteiger partial charge in [0.15, 0.2) is 0 Å². The molecular formula is C10H26N4O2. The first-order chi connectivity index (χ1) is 7.45. The maximum Gasteiger partial charge on any atom is 0.320 e. The zero-order valence-electron chi connectivity index (χ0n) is 10.1. The lowest BCUT2D eigenvalue weighted by Crippen LogP contribution is -2.29. The van der Waals surface area contributed by atoms with E-state index in [9.17, 15) is 4.79 Å². The van der Waals surface area contributed by atoms with Crippen molar-refractivity contribution in [3.8, 4) is 0 Å². The first-order valence-electron chi connectivity index (χ1n) is 5.59. The highest BCUT2D eigenvalue weighted by Gasteiger charge is 2.09. The zero-order valence-corrected chi connectivity index (χ0v) is 10.1. The van der Waals surface area contributed by atoms with E-state index in [0.717, 1.165) is 19.3 Å². The number of hydrogen-bond donors (Lipinski definition) is 5. The standard InChI is InChI=1S/C6H14N2O2.C4H12N2/c7-4-2-1-3-5(8)6(9)10;1-4(6)2-3-5/h5H,1-4,7-8H2,(H,9,10);4H,2-3,5-6H2,1H3. The molecule has 0 aromatic carbocycles. The Balaban J connectivity index is 0. The number of unbranched alkanes of at least 4 members (excludes halogenated alkanes) is 1. The maximum atomic E-state index is 10.1. The van der Waals surface area contributed by atoms with Gasteiger partial charge in [-0.2, -0.15) is 0 Å². The molecule has 0 fully saturated rings. The van der Waals surface area contributed by atoms with E-state index in [1.807, 2.05) is 6.92 Å². The number of carbonyl (C=O) groups is 1. The van der Waals surface area contributed by atoms with Crippen molar-refractivity contribution in [3.63, 3.8) is 0 Å². The summed E-state index contributed by atoms with van der Waals surface area (Å²) in [6.45, 7) is 3.26. The van der Waals surface area contributed by atoms with Gasteiger partial charge in [0.25, 0.3) is 0 Å². The summed E-state index contributed by atoms with van der Waals surface area (Å²) in [6, 6.07) is -0.443. The Labute approximate surface area is 97.3 Å². The van der Waals surface area contributed by atoms with Crippen molar-refractivity contribution in [1.29, 1.82) is 0 Å². The van der Waals surface area contributed by atoms with Crippen LogP contribution in [0.5, 0.6) is 0 Å². The van der Waals surface area contributed by atoms with Gasteiger partial charge in [-0.25, -0.2) is 0 Å². The smallest absolute Gasteiger partial charge is 0.320 e. The average molecular weight is 234 g/mol. The quantitative estimate of drug-likeness (QED) is 0.365. The number of carboxylic acid groups (broad SMARTS) is 1. The molecule has 0 radical (unpaired) electrons. The number of aliphatic carboxylic acids is 1. The van der Waals surface area contributed by atoms with E-state index >= 15 is 0 Å². The minimum absolute atomic E-state index is 0.273. The summed E-state index contributed by atoms with van der Waals surface area (Å²) in [7, 11) is 0. The molecule has 6 heteroatoms. The Morgan fingerprint density at radius 3 is 1.94 bits per heavy atom. The number of rotatable bonds is 7. The Hall–Kier alpha value is -0.690. The van der Waals surface area contributed by atoms with Crippen LogP contribution in [0.3, 0.4) is 0 Å². The molecule has 2 unspecified atom stereocenters. The van der Waals surface area contributed by atoms with E-state index in [1.165, 1.54) is 0 Å². The molecule has 0 aromatic heterocycles. The Bertz CT molecular complexity index is 165. The summed E-state index contributed by atoms with van der Waals surface area (Å²) in [5, 5.41) is 8.33. The van der Waals surface area contributed by atoms with E-state index in [1.54, 1.807) is 0 Å². The second-order valence-corrected chi connectivity index (χ2v) is 3.78. The molecule has 9 N–H and O–H groups in total. The van der Waals surface area contributed by atoms with Gasteiger partial charge in [-0.15, -0.1) is 0 Å². The average Bonchev–Trinajstić information content (AvgIpc) is 2.18. The van der Waals surface area contributed by atoms with Crippen molar-refractivity contribution in [2.45, 2.75) is 44.7 Å². The van der Waals surface area contributed by atoms with Gasteiger partial charge in [-0.1, -0.05) is 6.42 Å². The summed E-state index contributed by atoms with van der Waals surface area (Å²) in [5.41, 5.74) is 20.9. The van der Waals surface area contributed by atoms with Crippen molar-refractivity contribution in [3.05, 3.63) is 0 Å². The van der Waals surface area contributed by atoms with Crippen molar-refractivity contribution >= 4 is 5.97 Å². The van der Waals surface area contributed by atoms with Crippen LogP contribution < -0.4 is 22.9 Å². The lowest BCUT2D eigenvalue weighted by molar-refractivity contribution is -0.138. The van der Waals surface area contributed by atoms with Crippen LogP contribution in [-0.4, -0.2) is 36.2 Å². The Morgan fingerprint density at radius 2 is 1.69 bits per heavy atom. The molecule has 0 aromatic rings. The van der Waals surface area contributed by atoms with Gasteiger partial charge < -0.3 is 28.0 Å². The molecule has 0 spiro atoms. The zero-order chi connectivity index (χ0) is 13.0. The lowest BCUT2D eigenvalue weighted by atomic mass is 10.1. The molecule has 0 saturated carbocycles. The normalized spacial score (nSPS) is 13.6. The highest BCUT2D eigenvalue weighted by Crippen LogP contribution is 1.96. The summed E-state index contributed by atoms with van der Waals surface area (Å²) in [4.78, 5) is 10.1. The Morgan fingerprint density at radius 1 is 1.12 bits per heavy atom. The van der Waals surface area contributed by atoms with Gasteiger partial charge in [-0.05, 0) is 39.3 Å². The van der Waals surface area contributed by atoms with Crippen LogP contribution in [0, 0.1) is 0 Å². The van der Waals surface area contributed by atoms with Gasteiger partial charge in [-0.3, -0.25) is 4.79 Å². The first-order valence-corrected chi connectivity index (χ1v) is 5.59. The fraction of sp³-hybridized carbons (Fsp3) is 0.900. The van der Waals surface area contributed by atoms with E-state index in [2.05, 4.69) is 0 Å². The molecular weight excluding hydrogens is 208 g/mol. The van der Waals surface area contributed by atoms with Gasteiger partial charge in [0.05, 0.1) is 0 Å². The van der Waals surface area contributed by atoms with Crippen LogP contribution in [0.4, 0.5) is 0 Å². The second kappa shape index (κ2) is 12.4. The van der Waals surface area contributed by atoms with Crippen LogP contribution in [0.2, 0.25) is 0 Å². The molecule has 0 bridgehead atoms. The SMILES string of the molecule is CC(N)CCN.NCCCCC(N)C(=O)O. The highest BCUT2D eigenvalue weighted by atomic mass is 16.4. The van der Waals surface area contributed by atoms with Gasteiger partial charge in [0.1, 0.15) is 6.04 Å². The van der Waals surface area contributed by atoms with E-state index in [4.69, 9.17) is 28.0 Å². The van der Waals surface area contributed by atoms with Crippen molar-refractivity contribution in [2.75, 3.05) is 13.1 Å². The Kier molecular flexibility index (Phi) is 13.7. The maximum absolute atomic E-state index is 10.1. The summed E-state index contributed by atoms with van der Waals surface area (Å²) in [5.74, 6) is -0.933. The third-order valence-corrected chi connectivity index (χ3v) is 1.91. The molecule has 0 aliphatic carbocycles. The minimum atomic E-state index is -0.933. The van der Waals surface area contributed by atoms with Crippen molar-refractivity contribution < 1.29 is 9.90 Å². The molecule has 0 amide bonds. The monoisotopic (exact) mass is 234 g/mol. The van der Waals surface area contributed by atoms with Crippen molar-refractivity contribution in [1.82, 2.24) is 0 Å². The molecule has 0 aliphatic rings. The second-order valence-electron chi connectivity index (χ2n) is 3.78.